The van der Waals surface area contributed by atoms with Gasteiger partial charge in [0.25, 0.3) is 0 Å². The lowest BCUT2D eigenvalue weighted by Crippen LogP contribution is -2.07. The van der Waals surface area contributed by atoms with E-state index in [4.69, 9.17) is 20.2 Å². The first-order valence-electron chi connectivity index (χ1n) is 10.1. The highest BCUT2D eigenvalue weighted by Gasteiger charge is 2.14. The van der Waals surface area contributed by atoms with Crippen molar-refractivity contribution in [2.45, 2.75) is 71.3 Å². The molecule has 2 aromatic rings. The number of hydrogen-bond donors (Lipinski definition) is 1. The molecule has 2 N–H and O–H groups in total. The van der Waals surface area contributed by atoms with Crippen molar-refractivity contribution < 1.29 is 9.47 Å². The summed E-state index contributed by atoms with van der Waals surface area (Å²) in [6.45, 7) is 3.95. The monoisotopic (exact) mass is 361 g/mol. The van der Waals surface area contributed by atoms with Crippen LogP contribution >= 0.6 is 0 Å². The molecular weight excluding hydrogens is 326 g/mol. The normalized spacial score (nSPS) is 11.2. The topological polar surface area (TPSA) is 62.3 Å². The van der Waals surface area contributed by atoms with Crippen molar-refractivity contribution in [3.8, 4) is 11.5 Å². The minimum absolute atomic E-state index is 0.688. The number of rotatable bonds is 13. The molecule has 0 aliphatic heterocycles. The van der Waals surface area contributed by atoms with Crippen molar-refractivity contribution >= 4 is 11.0 Å². The number of ether oxygens (including phenoxy) is 2. The van der Waals surface area contributed by atoms with Crippen LogP contribution in [0.5, 0.6) is 11.5 Å². The van der Waals surface area contributed by atoms with Crippen molar-refractivity contribution in [1.82, 2.24) is 9.55 Å². The Kier molecular flexibility index (Phi) is 8.75. The molecule has 1 aromatic carbocycles. The maximum absolute atomic E-state index is 5.71. The Morgan fingerprint density at radius 3 is 2.23 bits per heavy atom. The first kappa shape index (κ1) is 20.6. The molecule has 0 atom stereocenters. The largest absolute Gasteiger partial charge is 0.493 e. The zero-order chi connectivity index (χ0) is 18.8. The van der Waals surface area contributed by atoms with Crippen molar-refractivity contribution in [3.63, 3.8) is 0 Å². The van der Waals surface area contributed by atoms with Gasteiger partial charge in [-0.25, -0.2) is 4.98 Å². The highest BCUT2D eigenvalue weighted by Crippen LogP contribution is 2.32. The zero-order valence-electron chi connectivity index (χ0n) is 16.7. The molecule has 5 nitrogen and oxygen atoms in total. The number of nitrogens with zero attached hydrogens (tertiary/aromatic N) is 2. The van der Waals surface area contributed by atoms with E-state index in [1.807, 2.05) is 12.1 Å². The van der Waals surface area contributed by atoms with Crippen molar-refractivity contribution in [2.24, 2.45) is 5.73 Å². The fourth-order valence-corrected chi connectivity index (χ4v) is 3.43. The van der Waals surface area contributed by atoms with Gasteiger partial charge in [-0.15, -0.1) is 0 Å². The van der Waals surface area contributed by atoms with Crippen LogP contribution in [0.4, 0.5) is 0 Å². The molecule has 0 radical (unpaired) electrons. The SMILES string of the molecule is CCCCCCCCCn1c(CCCN)nc2cc(OC)c(OC)cc21. The standard InChI is InChI=1S/C21H35N3O2/c1-4-5-6-7-8-9-10-14-24-18-16-20(26-3)19(25-2)15-17(18)23-21(24)12-11-13-22/h15-16H,4-14,22H2,1-3H3. The van der Waals surface area contributed by atoms with Gasteiger partial charge in [0.2, 0.25) is 0 Å². The minimum atomic E-state index is 0.688. The molecule has 0 aliphatic carbocycles. The lowest BCUT2D eigenvalue weighted by Gasteiger charge is -2.11. The molecular formula is C21H35N3O2. The Labute approximate surface area is 157 Å². The molecule has 0 saturated heterocycles. The highest BCUT2D eigenvalue weighted by molar-refractivity contribution is 5.80. The van der Waals surface area contributed by atoms with Gasteiger partial charge in [-0.05, 0) is 19.4 Å². The van der Waals surface area contributed by atoms with Crippen LogP contribution in [0.3, 0.4) is 0 Å². The molecule has 0 amide bonds. The molecule has 0 spiro atoms. The van der Waals surface area contributed by atoms with E-state index < -0.39 is 0 Å². The van der Waals surface area contributed by atoms with E-state index in [0.717, 1.165) is 47.7 Å². The summed E-state index contributed by atoms with van der Waals surface area (Å²) in [5, 5.41) is 0. The van der Waals surface area contributed by atoms with Gasteiger partial charge in [0.15, 0.2) is 11.5 Å². The predicted molar refractivity (Wildman–Crippen MR) is 108 cm³/mol. The molecule has 0 fully saturated rings. The van der Waals surface area contributed by atoms with Gasteiger partial charge in [0.1, 0.15) is 5.82 Å². The zero-order valence-corrected chi connectivity index (χ0v) is 16.7. The van der Waals surface area contributed by atoms with Gasteiger partial charge in [0, 0.05) is 25.1 Å². The molecule has 0 aliphatic rings. The smallest absolute Gasteiger partial charge is 0.163 e. The maximum atomic E-state index is 5.71. The van der Waals surface area contributed by atoms with Gasteiger partial charge < -0.3 is 19.8 Å². The van der Waals surface area contributed by atoms with Crippen LogP contribution in [-0.2, 0) is 13.0 Å². The summed E-state index contributed by atoms with van der Waals surface area (Å²) in [5.41, 5.74) is 7.81. The second-order valence-electron chi connectivity index (χ2n) is 6.89. The van der Waals surface area contributed by atoms with Crippen molar-refractivity contribution in [1.29, 1.82) is 0 Å². The summed E-state index contributed by atoms with van der Waals surface area (Å²) in [4.78, 5) is 4.85. The molecule has 26 heavy (non-hydrogen) atoms. The summed E-state index contributed by atoms with van der Waals surface area (Å²) >= 11 is 0. The second kappa shape index (κ2) is 11.1. The summed E-state index contributed by atoms with van der Waals surface area (Å²) in [6.07, 6.45) is 11.0. The average Bonchev–Trinajstić information content (AvgIpc) is 3.00. The molecule has 0 unspecified atom stereocenters. The van der Waals surface area contributed by atoms with Crippen LogP contribution in [0.25, 0.3) is 11.0 Å². The van der Waals surface area contributed by atoms with E-state index >= 15 is 0 Å². The molecule has 2 rings (SSSR count). The molecule has 0 saturated carbocycles. The summed E-state index contributed by atoms with van der Waals surface area (Å²) < 4.78 is 13.3. The number of benzene rings is 1. The number of hydrogen-bond acceptors (Lipinski definition) is 4. The number of imidazole rings is 1. The van der Waals surface area contributed by atoms with E-state index in [1.165, 1.54) is 44.9 Å². The minimum Gasteiger partial charge on any atom is -0.493 e. The molecule has 0 bridgehead atoms. The number of aryl methyl sites for hydroxylation is 2. The van der Waals surface area contributed by atoms with Crippen LogP contribution < -0.4 is 15.2 Å². The number of nitrogens with two attached hydrogens (primary N) is 1. The number of methoxy groups -OCH3 is 2. The molecule has 146 valence electrons. The third-order valence-electron chi connectivity index (χ3n) is 4.92. The van der Waals surface area contributed by atoms with Crippen molar-refractivity contribution in [2.75, 3.05) is 20.8 Å². The Morgan fingerprint density at radius 1 is 0.923 bits per heavy atom. The first-order chi connectivity index (χ1) is 12.7. The number of fused-ring (bicyclic) bond motifs is 1. The Morgan fingerprint density at radius 2 is 1.58 bits per heavy atom. The van der Waals surface area contributed by atoms with Crippen LogP contribution in [-0.4, -0.2) is 30.3 Å². The van der Waals surface area contributed by atoms with Crippen LogP contribution in [0.15, 0.2) is 12.1 Å². The summed E-state index contributed by atoms with van der Waals surface area (Å²) in [6, 6.07) is 4.02. The fourth-order valence-electron chi connectivity index (χ4n) is 3.43. The fraction of sp³-hybridized carbons (Fsp3) is 0.667. The van der Waals surface area contributed by atoms with E-state index in [1.54, 1.807) is 14.2 Å². The van der Waals surface area contributed by atoms with E-state index in [-0.39, 0.29) is 0 Å². The van der Waals surface area contributed by atoms with E-state index in [9.17, 15) is 0 Å². The molecule has 1 aromatic heterocycles. The van der Waals surface area contributed by atoms with Gasteiger partial charge in [-0.2, -0.15) is 0 Å². The lowest BCUT2D eigenvalue weighted by atomic mass is 10.1. The lowest BCUT2D eigenvalue weighted by molar-refractivity contribution is 0.355. The summed E-state index contributed by atoms with van der Waals surface area (Å²) in [7, 11) is 3.34. The third kappa shape index (κ3) is 5.37. The van der Waals surface area contributed by atoms with Crippen LogP contribution in [0.2, 0.25) is 0 Å². The molecule has 1 heterocycles. The third-order valence-corrected chi connectivity index (χ3v) is 4.92. The average molecular weight is 362 g/mol. The quantitative estimate of drug-likeness (QED) is 0.526. The Balaban J connectivity index is 2.12. The number of aromatic nitrogens is 2. The van der Waals surface area contributed by atoms with Gasteiger partial charge in [-0.3, -0.25) is 0 Å². The second-order valence-corrected chi connectivity index (χ2v) is 6.89. The van der Waals surface area contributed by atoms with Crippen LogP contribution in [0, 0.1) is 0 Å². The molecule has 5 heteroatoms. The maximum Gasteiger partial charge on any atom is 0.163 e. The van der Waals surface area contributed by atoms with Gasteiger partial charge in [0.05, 0.1) is 25.3 Å². The Hall–Kier alpha value is -1.75. The predicted octanol–water partition coefficient (Wildman–Crippen LogP) is 4.70. The van der Waals surface area contributed by atoms with Crippen LogP contribution in [0.1, 0.15) is 64.1 Å². The Bertz CT molecular complexity index is 667. The van der Waals surface area contributed by atoms with Gasteiger partial charge >= 0.3 is 0 Å². The van der Waals surface area contributed by atoms with Crippen molar-refractivity contribution in [3.05, 3.63) is 18.0 Å². The first-order valence-corrected chi connectivity index (χ1v) is 10.1. The van der Waals surface area contributed by atoms with E-state index in [2.05, 4.69) is 11.5 Å². The number of unbranched alkanes of at least 4 members (excludes halogenated alkanes) is 6. The van der Waals surface area contributed by atoms with E-state index in [0.29, 0.717) is 6.54 Å². The summed E-state index contributed by atoms with van der Waals surface area (Å²) in [5.74, 6) is 2.60. The highest BCUT2D eigenvalue weighted by atomic mass is 16.5. The van der Waals surface area contributed by atoms with Gasteiger partial charge in [-0.1, -0.05) is 45.4 Å².